The third-order valence-corrected chi connectivity index (χ3v) is 3.99. The molecule has 0 bridgehead atoms. The molecule has 0 amide bonds. The molecule has 21 heavy (non-hydrogen) atoms. The van der Waals surface area contributed by atoms with E-state index in [1.54, 1.807) is 14.0 Å². The molecule has 1 aromatic carbocycles. The van der Waals surface area contributed by atoms with Crippen molar-refractivity contribution >= 4 is 27.2 Å². The summed E-state index contributed by atoms with van der Waals surface area (Å²) < 4.78 is 31.4. The standard InChI is InChI=1S/C11H12N4O5S/c1-7-5-11(13-20-7)14-21(18,19)10-6-8(12-2)3-4-9(10)15(16)17/h3-6,12H,1-2H3,(H,13,14). The highest BCUT2D eigenvalue weighted by Crippen LogP contribution is 2.28. The van der Waals surface area contributed by atoms with Crippen LogP contribution in [0.25, 0.3) is 0 Å². The van der Waals surface area contributed by atoms with Gasteiger partial charge in [-0.3, -0.25) is 14.8 Å². The van der Waals surface area contributed by atoms with Gasteiger partial charge in [-0.25, -0.2) is 8.42 Å². The number of hydrogen-bond donors (Lipinski definition) is 2. The summed E-state index contributed by atoms with van der Waals surface area (Å²) in [6.07, 6.45) is 0. The monoisotopic (exact) mass is 312 g/mol. The highest BCUT2D eigenvalue weighted by atomic mass is 32.2. The largest absolute Gasteiger partial charge is 0.388 e. The number of nitrogens with one attached hydrogen (secondary N) is 2. The maximum absolute atomic E-state index is 12.3. The van der Waals surface area contributed by atoms with E-state index in [-0.39, 0.29) is 5.82 Å². The lowest BCUT2D eigenvalue weighted by molar-refractivity contribution is -0.387. The van der Waals surface area contributed by atoms with Crippen LogP contribution in [0.4, 0.5) is 17.2 Å². The molecule has 0 atom stereocenters. The molecule has 1 aromatic heterocycles. The molecule has 0 saturated carbocycles. The van der Waals surface area contributed by atoms with E-state index in [1.165, 1.54) is 18.2 Å². The number of aromatic nitrogens is 1. The maximum atomic E-state index is 12.3. The van der Waals surface area contributed by atoms with Gasteiger partial charge >= 0.3 is 0 Å². The number of rotatable bonds is 5. The van der Waals surface area contributed by atoms with Gasteiger partial charge in [-0.05, 0) is 19.1 Å². The van der Waals surface area contributed by atoms with E-state index in [4.69, 9.17) is 4.52 Å². The molecule has 0 aliphatic heterocycles. The van der Waals surface area contributed by atoms with Gasteiger partial charge in [0.25, 0.3) is 15.7 Å². The number of sulfonamides is 1. The molecule has 1 heterocycles. The lowest BCUT2D eigenvalue weighted by atomic mass is 10.3. The van der Waals surface area contributed by atoms with E-state index in [1.807, 2.05) is 0 Å². The Balaban J connectivity index is 2.49. The first-order valence-electron chi connectivity index (χ1n) is 5.76. The summed E-state index contributed by atoms with van der Waals surface area (Å²) in [7, 11) is -2.59. The first-order chi connectivity index (χ1) is 9.83. The lowest BCUT2D eigenvalue weighted by Gasteiger charge is -2.07. The zero-order valence-electron chi connectivity index (χ0n) is 11.2. The second kappa shape index (κ2) is 5.40. The number of benzene rings is 1. The third kappa shape index (κ3) is 3.11. The predicted molar refractivity (Wildman–Crippen MR) is 74.7 cm³/mol. The average molecular weight is 312 g/mol. The second-order valence-electron chi connectivity index (χ2n) is 4.12. The van der Waals surface area contributed by atoms with Gasteiger partial charge < -0.3 is 9.84 Å². The van der Waals surface area contributed by atoms with Crippen LogP contribution < -0.4 is 10.0 Å². The van der Waals surface area contributed by atoms with Crippen LogP contribution in [0, 0.1) is 17.0 Å². The second-order valence-corrected chi connectivity index (χ2v) is 5.77. The van der Waals surface area contributed by atoms with E-state index in [2.05, 4.69) is 15.2 Å². The Morgan fingerprint density at radius 3 is 2.57 bits per heavy atom. The molecule has 0 fully saturated rings. The van der Waals surface area contributed by atoms with E-state index >= 15 is 0 Å². The molecule has 112 valence electrons. The van der Waals surface area contributed by atoms with Crippen LogP contribution in [-0.4, -0.2) is 25.5 Å². The number of nitrogens with zero attached hydrogens (tertiary/aromatic N) is 2. The summed E-state index contributed by atoms with van der Waals surface area (Å²) in [5.41, 5.74) is -0.0981. The molecular formula is C11H12N4O5S. The van der Waals surface area contributed by atoms with Crippen molar-refractivity contribution < 1.29 is 17.9 Å². The van der Waals surface area contributed by atoms with Crippen LogP contribution in [0.1, 0.15) is 5.76 Å². The molecule has 2 N–H and O–H groups in total. The van der Waals surface area contributed by atoms with E-state index in [0.29, 0.717) is 11.4 Å². The number of anilines is 2. The number of nitro benzene ring substituents is 1. The Labute approximate surface area is 120 Å². The molecule has 0 radical (unpaired) electrons. The Bertz CT molecular complexity index is 784. The molecule has 0 aliphatic carbocycles. The van der Waals surface area contributed by atoms with Gasteiger partial charge in [-0.1, -0.05) is 5.16 Å². The summed E-state index contributed by atoms with van der Waals surface area (Å²) >= 11 is 0. The summed E-state index contributed by atoms with van der Waals surface area (Å²) in [6, 6.07) is 5.07. The third-order valence-electron chi connectivity index (χ3n) is 2.60. The van der Waals surface area contributed by atoms with Crippen molar-refractivity contribution in [2.24, 2.45) is 0 Å². The van der Waals surface area contributed by atoms with Crippen molar-refractivity contribution in [3.8, 4) is 0 Å². The summed E-state index contributed by atoms with van der Waals surface area (Å²) in [6.45, 7) is 1.59. The Kier molecular flexibility index (Phi) is 3.80. The van der Waals surface area contributed by atoms with Crippen LogP contribution in [0.5, 0.6) is 0 Å². The minimum atomic E-state index is -4.16. The molecule has 9 nitrogen and oxygen atoms in total. The summed E-state index contributed by atoms with van der Waals surface area (Å²) in [4.78, 5) is 9.76. The maximum Gasteiger partial charge on any atom is 0.290 e. The quantitative estimate of drug-likeness (QED) is 0.635. The number of nitro groups is 1. The van der Waals surface area contributed by atoms with Crippen molar-refractivity contribution in [3.63, 3.8) is 0 Å². The fourth-order valence-electron chi connectivity index (χ4n) is 1.64. The molecule has 2 rings (SSSR count). The first-order valence-corrected chi connectivity index (χ1v) is 7.24. The van der Waals surface area contributed by atoms with E-state index in [0.717, 1.165) is 6.07 Å². The van der Waals surface area contributed by atoms with Gasteiger partial charge in [0.2, 0.25) is 0 Å². The van der Waals surface area contributed by atoms with Crippen molar-refractivity contribution in [2.75, 3.05) is 17.1 Å². The lowest BCUT2D eigenvalue weighted by Crippen LogP contribution is -2.15. The smallest absolute Gasteiger partial charge is 0.290 e. The molecule has 0 spiro atoms. The van der Waals surface area contributed by atoms with Crippen molar-refractivity contribution in [1.82, 2.24) is 5.16 Å². The minimum Gasteiger partial charge on any atom is -0.388 e. The number of hydrogen-bond acceptors (Lipinski definition) is 7. The summed E-state index contributed by atoms with van der Waals surface area (Å²) in [5, 5.41) is 17.2. The zero-order chi connectivity index (χ0) is 15.6. The van der Waals surface area contributed by atoms with Gasteiger partial charge in [0.1, 0.15) is 5.76 Å². The van der Waals surface area contributed by atoms with Crippen molar-refractivity contribution in [2.45, 2.75) is 11.8 Å². The molecule has 0 unspecified atom stereocenters. The first kappa shape index (κ1) is 14.8. The molecule has 2 aromatic rings. The summed E-state index contributed by atoms with van der Waals surface area (Å²) in [5.74, 6) is 0.364. The van der Waals surface area contributed by atoms with E-state index in [9.17, 15) is 18.5 Å². The van der Waals surface area contributed by atoms with Gasteiger partial charge in [-0.2, -0.15) is 0 Å². The van der Waals surface area contributed by atoms with Gasteiger partial charge in [0.05, 0.1) is 4.92 Å². The fourth-order valence-corrected chi connectivity index (χ4v) is 2.82. The highest BCUT2D eigenvalue weighted by Gasteiger charge is 2.27. The Morgan fingerprint density at radius 2 is 2.05 bits per heavy atom. The van der Waals surface area contributed by atoms with Crippen LogP contribution in [-0.2, 0) is 10.0 Å². The normalized spacial score (nSPS) is 11.1. The highest BCUT2D eigenvalue weighted by molar-refractivity contribution is 7.92. The zero-order valence-corrected chi connectivity index (χ0v) is 12.0. The van der Waals surface area contributed by atoms with Crippen molar-refractivity contribution in [3.05, 3.63) is 40.1 Å². The van der Waals surface area contributed by atoms with E-state index < -0.39 is 25.5 Å². The van der Waals surface area contributed by atoms with Gasteiger partial charge in [0.15, 0.2) is 10.7 Å². The molecule has 0 saturated heterocycles. The van der Waals surface area contributed by atoms with Gasteiger partial charge in [0, 0.05) is 24.9 Å². The minimum absolute atomic E-state index is 0.0448. The van der Waals surface area contributed by atoms with Crippen molar-refractivity contribution in [1.29, 1.82) is 0 Å². The Morgan fingerprint density at radius 1 is 1.33 bits per heavy atom. The predicted octanol–water partition coefficient (Wildman–Crippen LogP) is 1.73. The van der Waals surface area contributed by atoms with Crippen LogP contribution in [0.3, 0.4) is 0 Å². The van der Waals surface area contributed by atoms with Crippen LogP contribution in [0.2, 0.25) is 0 Å². The molecule has 10 heteroatoms. The molecular weight excluding hydrogens is 300 g/mol. The Hall–Kier alpha value is -2.62. The number of aryl methyl sites for hydroxylation is 1. The van der Waals surface area contributed by atoms with Crippen LogP contribution >= 0.6 is 0 Å². The topological polar surface area (TPSA) is 127 Å². The average Bonchev–Trinajstić information content (AvgIpc) is 2.82. The molecule has 0 aliphatic rings. The van der Waals surface area contributed by atoms with Crippen LogP contribution in [0.15, 0.2) is 33.7 Å². The van der Waals surface area contributed by atoms with Gasteiger partial charge in [-0.15, -0.1) is 0 Å². The SMILES string of the molecule is CNc1ccc([N+](=O)[O-])c(S(=O)(=O)Nc2cc(C)on2)c1. The fraction of sp³-hybridized carbons (Fsp3) is 0.182.